The van der Waals surface area contributed by atoms with E-state index in [0.29, 0.717) is 0 Å². The van der Waals surface area contributed by atoms with Gasteiger partial charge in [-0.15, -0.1) is 0 Å². The first-order valence-electron chi connectivity index (χ1n) is 2.58. The molecule has 1 aliphatic heterocycles. The maximum atomic E-state index is 2.49. The van der Waals surface area contributed by atoms with Crippen molar-refractivity contribution in [1.29, 1.82) is 0 Å². The maximum absolute atomic E-state index is 2.49. The molecule has 0 aromatic rings. The molecule has 6 heavy (non-hydrogen) atoms. The fourth-order valence-electron chi connectivity index (χ4n) is 0.875. The van der Waals surface area contributed by atoms with Gasteiger partial charge in [0.2, 0.25) is 0 Å². The Morgan fingerprint density at radius 3 is 1.83 bits per heavy atom. The fourth-order valence-corrected chi connectivity index (χ4v) is 4.55. The number of rotatable bonds is 0. The minimum absolute atomic E-state index is 0.104. The molecule has 1 saturated heterocycles. The molecule has 0 spiro atoms. The Morgan fingerprint density at radius 2 is 1.67 bits per heavy atom. The molecule has 1 heterocycles. The summed E-state index contributed by atoms with van der Waals surface area (Å²) in [5, 5.41) is 3.26. The van der Waals surface area contributed by atoms with Crippen LogP contribution in [0.1, 0.15) is 12.8 Å². The molecule has 0 aromatic heterocycles. The average Bonchev–Trinajstić information content (AvgIpc) is 1.86. The van der Waals surface area contributed by atoms with Crippen LogP contribution in [-0.4, -0.2) is 14.7 Å². The van der Waals surface area contributed by atoms with Gasteiger partial charge in [-0.1, -0.05) is 0 Å². The topological polar surface area (TPSA) is 0 Å². The number of hydrogen-bond acceptors (Lipinski definition) is 0. The van der Waals surface area contributed by atoms with Gasteiger partial charge in [-0.2, -0.15) is 0 Å². The van der Waals surface area contributed by atoms with Crippen molar-refractivity contribution < 1.29 is 0 Å². The zero-order chi connectivity index (χ0) is 4.41. The predicted octanol–water partition coefficient (Wildman–Crippen LogP) is 1.90. The summed E-state index contributed by atoms with van der Waals surface area (Å²) in [5.41, 5.74) is 2.49. The van der Waals surface area contributed by atoms with Crippen LogP contribution in [0.5, 0.6) is 0 Å². The summed E-state index contributed by atoms with van der Waals surface area (Å²) >= 11 is -0.104. The molecule has 0 nitrogen and oxygen atoms in total. The van der Waals surface area contributed by atoms with E-state index in [0.717, 1.165) is 0 Å². The van der Waals surface area contributed by atoms with Crippen molar-refractivity contribution in [3.05, 3.63) is 0 Å². The molecule has 1 heteroatoms. The second-order valence-electron chi connectivity index (χ2n) is 2.01. The molecular formula is C5H11As. The van der Waals surface area contributed by atoms with Crippen LogP contribution in [0.4, 0.5) is 0 Å². The van der Waals surface area contributed by atoms with Crippen LogP contribution < -0.4 is 0 Å². The second-order valence-corrected chi connectivity index (χ2v) is 7.48. The molecule has 1 fully saturated rings. The molecule has 0 unspecified atom stereocenters. The Morgan fingerprint density at radius 1 is 1.17 bits per heavy atom. The third-order valence-electron chi connectivity index (χ3n) is 1.33. The van der Waals surface area contributed by atoms with E-state index in [1.165, 1.54) is 0 Å². The van der Waals surface area contributed by atoms with Gasteiger partial charge in [0, 0.05) is 0 Å². The molecule has 0 amide bonds. The summed E-state index contributed by atoms with van der Waals surface area (Å²) < 4.78 is 0. The van der Waals surface area contributed by atoms with Gasteiger partial charge in [0.15, 0.2) is 0 Å². The van der Waals surface area contributed by atoms with E-state index in [1.807, 2.05) is 0 Å². The van der Waals surface area contributed by atoms with E-state index < -0.39 is 0 Å². The van der Waals surface area contributed by atoms with Gasteiger partial charge in [-0.25, -0.2) is 0 Å². The summed E-state index contributed by atoms with van der Waals surface area (Å²) in [4.78, 5) is 0. The fraction of sp³-hybridized carbons (Fsp3) is 1.00. The van der Waals surface area contributed by atoms with Gasteiger partial charge >= 0.3 is 43.6 Å². The van der Waals surface area contributed by atoms with Crippen LogP contribution in [-0.2, 0) is 0 Å². The first-order valence-corrected chi connectivity index (χ1v) is 7.11. The molecule has 1 aliphatic rings. The summed E-state index contributed by atoms with van der Waals surface area (Å²) in [6.07, 6.45) is 3.10. The quantitative estimate of drug-likeness (QED) is 0.458. The van der Waals surface area contributed by atoms with E-state index >= 15 is 0 Å². The van der Waals surface area contributed by atoms with Gasteiger partial charge in [-0.3, -0.25) is 0 Å². The summed E-state index contributed by atoms with van der Waals surface area (Å²) in [6.45, 7) is 0. The van der Waals surface area contributed by atoms with Crippen molar-refractivity contribution in [2.75, 3.05) is 0 Å². The van der Waals surface area contributed by atoms with Gasteiger partial charge in [0.05, 0.1) is 0 Å². The Bertz CT molecular complexity index is 37.2. The SMILES string of the molecule is C[As]1CCCC1. The molecule has 0 aromatic carbocycles. The van der Waals surface area contributed by atoms with E-state index in [1.54, 1.807) is 23.3 Å². The summed E-state index contributed by atoms with van der Waals surface area (Å²) in [6, 6.07) is 0. The number of hydrogen-bond donors (Lipinski definition) is 0. The zero-order valence-electron chi connectivity index (χ0n) is 4.28. The second kappa shape index (κ2) is 2.02. The minimum atomic E-state index is -0.104. The van der Waals surface area contributed by atoms with E-state index in [4.69, 9.17) is 0 Å². The van der Waals surface area contributed by atoms with Crippen molar-refractivity contribution in [3.8, 4) is 0 Å². The van der Waals surface area contributed by atoms with Crippen molar-refractivity contribution in [2.24, 2.45) is 0 Å². The van der Waals surface area contributed by atoms with E-state index in [2.05, 4.69) is 5.71 Å². The third-order valence-corrected chi connectivity index (χ3v) is 5.86. The van der Waals surface area contributed by atoms with E-state index in [-0.39, 0.29) is 14.7 Å². The first kappa shape index (κ1) is 4.71. The Hall–Kier alpha value is 0.558. The van der Waals surface area contributed by atoms with Crippen LogP contribution in [0.3, 0.4) is 0 Å². The van der Waals surface area contributed by atoms with Crippen LogP contribution in [0.2, 0.25) is 16.1 Å². The van der Waals surface area contributed by atoms with E-state index in [9.17, 15) is 0 Å². The Labute approximate surface area is 44.2 Å². The summed E-state index contributed by atoms with van der Waals surface area (Å²) in [7, 11) is 0. The average molecular weight is 146 g/mol. The Balaban J connectivity index is 2.18. The van der Waals surface area contributed by atoms with Crippen molar-refractivity contribution >= 4 is 14.7 Å². The molecule has 0 saturated carbocycles. The summed E-state index contributed by atoms with van der Waals surface area (Å²) in [5.74, 6) is 0. The molecule has 0 radical (unpaired) electrons. The molecule has 0 N–H and O–H groups in total. The molecule has 0 bridgehead atoms. The third kappa shape index (κ3) is 1.01. The zero-order valence-corrected chi connectivity index (χ0v) is 6.15. The van der Waals surface area contributed by atoms with Crippen LogP contribution in [0, 0.1) is 0 Å². The molecular weight excluding hydrogens is 135 g/mol. The van der Waals surface area contributed by atoms with Gasteiger partial charge in [0.25, 0.3) is 0 Å². The Kier molecular flexibility index (Phi) is 1.59. The van der Waals surface area contributed by atoms with Gasteiger partial charge < -0.3 is 0 Å². The standard InChI is InChI=1S/C5H11As/c1-6-4-2-3-5-6/h2-5H2,1H3. The van der Waals surface area contributed by atoms with Crippen LogP contribution in [0.25, 0.3) is 0 Å². The van der Waals surface area contributed by atoms with Crippen molar-refractivity contribution in [1.82, 2.24) is 0 Å². The first-order chi connectivity index (χ1) is 2.89. The van der Waals surface area contributed by atoms with Crippen LogP contribution >= 0.6 is 0 Å². The van der Waals surface area contributed by atoms with Gasteiger partial charge in [0.1, 0.15) is 0 Å². The predicted molar refractivity (Wildman–Crippen MR) is 30.5 cm³/mol. The monoisotopic (exact) mass is 146 g/mol. The molecule has 0 aliphatic carbocycles. The molecule has 1 rings (SSSR count). The normalized spacial score (nSPS) is 25.5. The molecule has 36 valence electrons. The van der Waals surface area contributed by atoms with Crippen LogP contribution in [0.15, 0.2) is 0 Å². The van der Waals surface area contributed by atoms with Crippen molar-refractivity contribution in [3.63, 3.8) is 0 Å². The van der Waals surface area contributed by atoms with Crippen molar-refractivity contribution in [2.45, 2.75) is 29.0 Å². The molecule has 0 atom stereocenters. The van der Waals surface area contributed by atoms with Gasteiger partial charge in [-0.05, 0) is 0 Å².